The fraction of sp³-hybridized carbons (Fsp3) is 0.400. The molecule has 0 heterocycles. The van der Waals surface area contributed by atoms with E-state index in [4.69, 9.17) is 0 Å². The first kappa shape index (κ1) is 10.2. The van der Waals surface area contributed by atoms with Gasteiger partial charge in [-0.2, -0.15) is 0 Å². The lowest BCUT2D eigenvalue weighted by Gasteiger charge is -2.18. The Bertz CT molecular complexity index is 196. The van der Waals surface area contributed by atoms with Gasteiger partial charge in [0.05, 0.1) is 0 Å². The Morgan fingerprint density at radius 2 is 1.36 bits per heavy atom. The summed E-state index contributed by atoms with van der Waals surface area (Å²) in [4.78, 5) is 0. The summed E-state index contributed by atoms with van der Waals surface area (Å²) in [5.74, 6) is 0. The van der Waals surface area contributed by atoms with Crippen molar-refractivity contribution in [3.63, 3.8) is 0 Å². The van der Waals surface area contributed by atoms with Gasteiger partial charge in [-0.1, -0.05) is 51.1 Å². The Hall–Kier alpha value is -0.820. The molecule has 0 unspecified atom stereocenters. The molecule has 0 aliphatic carbocycles. The molecule has 0 amide bonds. The van der Waals surface area contributed by atoms with Gasteiger partial charge in [0.15, 0.2) is 0 Å². The van der Waals surface area contributed by atoms with Crippen molar-refractivity contribution in [2.24, 2.45) is 0 Å². The highest BCUT2D eigenvalue weighted by atomic mass is 16.0. The zero-order valence-corrected chi connectivity index (χ0v) is 7.39. The van der Waals surface area contributed by atoms with Gasteiger partial charge in [0.1, 0.15) is 0 Å². The molecule has 2 N–H and O–H groups in total. The predicted molar refractivity (Wildman–Crippen MR) is 48.8 cm³/mol. The molecule has 1 nitrogen and oxygen atoms in total. The summed E-state index contributed by atoms with van der Waals surface area (Å²) in [7, 11) is 0. The lowest BCUT2D eigenvalue weighted by molar-refractivity contribution is 0.590. The first-order valence-electron chi connectivity index (χ1n) is 3.66. The molecule has 11 heavy (non-hydrogen) atoms. The minimum Gasteiger partial charge on any atom is -0.412 e. The van der Waals surface area contributed by atoms with Crippen LogP contribution in [0.5, 0.6) is 0 Å². The van der Waals surface area contributed by atoms with E-state index in [0.717, 1.165) is 0 Å². The molecular weight excluding hydrogens is 136 g/mol. The summed E-state index contributed by atoms with van der Waals surface area (Å²) in [6.45, 7) is 6.67. The third kappa shape index (κ3) is 2.72. The second kappa shape index (κ2) is 3.54. The predicted octanol–water partition coefficient (Wildman–Crippen LogP) is 2.16. The van der Waals surface area contributed by atoms with E-state index in [1.807, 2.05) is 0 Å². The van der Waals surface area contributed by atoms with Crippen LogP contribution in [0, 0.1) is 0 Å². The van der Waals surface area contributed by atoms with Crippen molar-refractivity contribution < 1.29 is 5.48 Å². The van der Waals surface area contributed by atoms with Crippen LogP contribution in [0.1, 0.15) is 26.3 Å². The van der Waals surface area contributed by atoms with E-state index >= 15 is 0 Å². The quantitative estimate of drug-likeness (QED) is 0.545. The molecule has 1 rings (SSSR count). The molecule has 0 aliphatic heterocycles. The van der Waals surface area contributed by atoms with Gasteiger partial charge in [0.2, 0.25) is 0 Å². The molecule has 0 fully saturated rings. The van der Waals surface area contributed by atoms with Crippen molar-refractivity contribution in [2.45, 2.75) is 26.2 Å². The third-order valence-corrected chi connectivity index (χ3v) is 1.64. The van der Waals surface area contributed by atoms with Gasteiger partial charge in [-0.25, -0.2) is 0 Å². The molecule has 0 saturated carbocycles. The molecule has 0 bridgehead atoms. The Morgan fingerprint density at radius 1 is 0.909 bits per heavy atom. The van der Waals surface area contributed by atoms with Gasteiger partial charge < -0.3 is 5.48 Å². The van der Waals surface area contributed by atoms with Gasteiger partial charge in [0.25, 0.3) is 0 Å². The van der Waals surface area contributed by atoms with E-state index in [1.54, 1.807) is 0 Å². The van der Waals surface area contributed by atoms with Crippen molar-refractivity contribution in [1.29, 1.82) is 0 Å². The molecule has 0 aliphatic rings. The van der Waals surface area contributed by atoms with Gasteiger partial charge in [-0.05, 0) is 11.0 Å². The normalized spacial score (nSPS) is 10.5. The molecule has 0 spiro atoms. The average molecular weight is 152 g/mol. The Morgan fingerprint density at radius 3 is 1.64 bits per heavy atom. The van der Waals surface area contributed by atoms with E-state index in [9.17, 15) is 0 Å². The number of benzene rings is 1. The zero-order chi connectivity index (χ0) is 7.61. The summed E-state index contributed by atoms with van der Waals surface area (Å²) < 4.78 is 0. The van der Waals surface area contributed by atoms with Crippen LogP contribution in [-0.2, 0) is 5.41 Å². The molecule has 1 aromatic rings. The van der Waals surface area contributed by atoms with Gasteiger partial charge in [-0.3, -0.25) is 0 Å². The molecule has 1 heteroatoms. The maximum atomic E-state index is 2.22. The molecule has 0 aromatic heterocycles. The minimum absolute atomic E-state index is 0. The van der Waals surface area contributed by atoms with Gasteiger partial charge in [0, 0.05) is 0 Å². The zero-order valence-electron chi connectivity index (χ0n) is 7.39. The minimum atomic E-state index is 0. The van der Waals surface area contributed by atoms with E-state index in [2.05, 4.69) is 51.1 Å². The Kier molecular flexibility index (Phi) is 3.27. The van der Waals surface area contributed by atoms with Gasteiger partial charge in [-0.15, -0.1) is 0 Å². The summed E-state index contributed by atoms with van der Waals surface area (Å²) in [6, 6.07) is 10.6. The lowest BCUT2D eigenvalue weighted by Crippen LogP contribution is -2.10. The second-order valence-electron chi connectivity index (χ2n) is 3.62. The van der Waals surface area contributed by atoms with Crippen LogP contribution in [0.15, 0.2) is 30.3 Å². The summed E-state index contributed by atoms with van der Waals surface area (Å²) in [5, 5.41) is 0. The smallest absolute Gasteiger partial charge is 0.0132 e. The Labute approximate surface area is 68.4 Å². The fourth-order valence-corrected chi connectivity index (χ4v) is 0.938. The summed E-state index contributed by atoms with van der Waals surface area (Å²) in [5.41, 5.74) is 1.69. The molecule has 0 saturated heterocycles. The van der Waals surface area contributed by atoms with Crippen LogP contribution in [-0.4, -0.2) is 5.48 Å². The van der Waals surface area contributed by atoms with E-state index in [1.165, 1.54) is 5.56 Å². The van der Waals surface area contributed by atoms with Crippen molar-refractivity contribution >= 4 is 0 Å². The van der Waals surface area contributed by atoms with Crippen molar-refractivity contribution in [2.75, 3.05) is 0 Å². The topological polar surface area (TPSA) is 31.5 Å². The van der Waals surface area contributed by atoms with Crippen molar-refractivity contribution in [3.05, 3.63) is 35.9 Å². The van der Waals surface area contributed by atoms with Crippen molar-refractivity contribution in [1.82, 2.24) is 0 Å². The standard InChI is InChI=1S/C10H14.H2O/c1-10(2,3)9-7-5-4-6-8-9;/h4-8H,1-3H3;1H2. The highest BCUT2D eigenvalue weighted by molar-refractivity contribution is 5.21. The lowest BCUT2D eigenvalue weighted by atomic mass is 9.87. The largest absolute Gasteiger partial charge is 0.412 e. The van der Waals surface area contributed by atoms with Crippen LogP contribution < -0.4 is 0 Å². The molecule has 1 aromatic carbocycles. The van der Waals surface area contributed by atoms with Crippen molar-refractivity contribution in [3.8, 4) is 0 Å². The maximum absolute atomic E-state index is 2.22. The first-order chi connectivity index (χ1) is 4.61. The molecule has 0 radical (unpaired) electrons. The fourth-order valence-electron chi connectivity index (χ4n) is 0.938. The first-order valence-corrected chi connectivity index (χ1v) is 3.66. The molecular formula is C10H16O. The molecule has 0 atom stereocenters. The van der Waals surface area contributed by atoms with Crippen LogP contribution in [0.4, 0.5) is 0 Å². The monoisotopic (exact) mass is 152 g/mol. The highest BCUT2D eigenvalue weighted by Gasteiger charge is 2.11. The SMILES string of the molecule is CC(C)(C)c1ccccc1.O. The van der Waals surface area contributed by atoms with E-state index < -0.39 is 0 Å². The second-order valence-corrected chi connectivity index (χ2v) is 3.62. The van der Waals surface area contributed by atoms with E-state index in [0.29, 0.717) is 5.41 Å². The average Bonchev–Trinajstić information content (AvgIpc) is 1.88. The Balaban J connectivity index is 0.000001000. The van der Waals surface area contributed by atoms with E-state index in [-0.39, 0.29) is 5.48 Å². The van der Waals surface area contributed by atoms with Gasteiger partial charge >= 0.3 is 0 Å². The van der Waals surface area contributed by atoms with Crippen LogP contribution in [0.25, 0.3) is 0 Å². The third-order valence-electron chi connectivity index (χ3n) is 1.64. The number of hydrogen-bond acceptors (Lipinski definition) is 0. The summed E-state index contributed by atoms with van der Waals surface area (Å²) in [6.07, 6.45) is 0. The van der Waals surface area contributed by atoms with Crippen LogP contribution in [0.3, 0.4) is 0 Å². The number of rotatable bonds is 0. The summed E-state index contributed by atoms with van der Waals surface area (Å²) >= 11 is 0. The maximum Gasteiger partial charge on any atom is -0.0132 e. The number of hydrogen-bond donors (Lipinski definition) is 0. The van der Waals surface area contributed by atoms with Crippen LogP contribution >= 0.6 is 0 Å². The molecule has 62 valence electrons. The van der Waals surface area contributed by atoms with Crippen LogP contribution in [0.2, 0.25) is 0 Å². The highest BCUT2D eigenvalue weighted by Crippen LogP contribution is 2.20.